The molecule has 0 amide bonds. The summed E-state index contributed by atoms with van der Waals surface area (Å²) in [6, 6.07) is 16.8. The summed E-state index contributed by atoms with van der Waals surface area (Å²) in [7, 11) is -1.18. The quantitative estimate of drug-likeness (QED) is 0.405. The normalized spacial score (nSPS) is 10.8. The van der Waals surface area contributed by atoms with Gasteiger partial charge in [0.25, 0.3) is 0 Å². The molecule has 0 aromatic heterocycles. The van der Waals surface area contributed by atoms with Crippen molar-refractivity contribution in [2.24, 2.45) is 0 Å². The molecule has 17 heavy (non-hydrogen) atoms. The molecule has 2 rings (SSSR count). The SMILES string of the molecule is C[Si](C)(C)c1ccc(C#Cc2ccc[cH-]2)cc1. The first-order valence-corrected chi connectivity index (χ1v) is 9.40. The molecular formula is C16H17Si-. The summed E-state index contributed by atoms with van der Waals surface area (Å²) in [5.41, 5.74) is 2.17. The Kier molecular flexibility index (Phi) is 3.26. The van der Waals surface area contributed by atoms with Crippen molar-refractivity contribution in [3.8, 4) is 11.8 Å². The highest BCUT2D eigenvalue weighted by molar-refractivity contribution is 6.88. The Balaban J connectivity index is 2.19. The van der Waals surface area contributed by atoms with Gasteiger partial charge in [0.15, 0.2) is 0 Å². The molecule has 1 heteroatoms. The molecule has 0 aliphatic rings. The third kappa shape index (κ3) is 3.15. The number of hydrogen-bond acceptors (Lipinski definition) is 0. The smallest absolute Gasteiger partial charge is 0.0775 e. The molecule has 0 saturated carbocycles. The largest absolute Gasteiger partial charge is 0.187 e. The molecule has 0 nitrogen and oxygen atoms in total. The predicted octanol–water partition coefficient (Wildman–Crippen LogP) is 3.35. The molecule has 0 saturated heterocycles. The van der Waals surface area contributed by atoms with Crippen molar-refractivity contribution in [3.05, 3.63) is 59.7 Å². The van der Waals surface area contributed by atoms with Crippen LogP contribution < -0.4 is 5.19 Å². The maximum atomic E-state index is 3.19. The zero-order valence-corrected chi connectivity index (χ0v) is 11.6. The van der Waals surface area contributed by atoms with E-state index in [9.17, 15) is 0 Å². The molecule has 0 bridgehead atoms. The lowest BCUT2D eigenvalue weighted by molar-refractivity contribution is 1.64. The minimum atomic E-state index is -1.18. The van der Waals surface area contributed by atoms with Gasteiger partial charge in [0.2, 0.25) is 0 Å². The summed E-state index contributed by atoms with van der Waals surface area (Å²) < 4.78 is 0. The van der Waals surface area contributed by atoms with Crippen LogP contribution in [0.3, 0.4) is 0 Å². The van der Waals surface area contributed by atoms with Gasteiger partial charge in [-0.3, -0.25) is 0 Å². The monoisotopic (exact) mass is 237 g/mol. The van der Waals surface area contributed by atoms with E-state index in [0.29, 0.717) is 0 Å². The molecule has 2 aromatic carbocycles. The van der Waals surface area contributed by atoms with Gasteiger partial charge in [-0.15, -0.1) is 17.6 Å². The van der Waals surface area contributed by atoms with Crippen LogP contribution in [-0.4, -0.2) is 8.07 Å². The van der Waals surface area contributed by atoms with Crippen LogP contribution in [0, 0.1) is 11.8 Å². The van der Waals surface area contributed by atoms with Crippen molar-refractivity contribution in [3.63, 3.8) is 0 Å². The fraction of sp³-hybridized carbons (Fsp3) is 0.188. The Hall–Kier alpha value is -1.65. The summed E-state index contributed by atoms with van der Waals surface area (Å²) in [5.74, 6) is 6.35. The van der Waals surface area contributed by atoms with Crippen molar-refractivity contribution in [2.45, 2.75) is 19.6 Å². The molecule has 0 aliphatic carbocycles. The van der Waals surface area contributed by atoms with Gasteiger partial charge >= 0.3 is 0 Å². The third-order valence-corrected chi connectivity index (χ3v) is 4.83. The fourth-order valence-electron chi connectivity index (χ4n) is 1.66. The van der Waals surface area contributed by atoms with E-state index in [4.69, 9.17) is 0 Å². The molecule has 0 aliphatic heterocycles. The Morgan fingerprint density at radius 3 is 2.18 bits per heavy atom. The van der Waals surface area contributed by atoms with Crippen molar-refractivity contribution >= 4 is 13.3 Å². The first-order chi connectivity index (χ1) is 8.05. The standard InChI is InChI=1S/C16H17Si/c1-17(2,3)16-12-10-15(11-13-16)9-8-14-6-4-5-7-14/h4-7,10-13H,1-3H3/q-1. The van der Waals surface area contributed by atoms with Gasteiger partial charge in [-0.2, -0.15) is 24.1 Å². The summed E-state index contributed by atoms with van der Waals surface area (Å²) >= 11 is 0. The zero-order valence-electron chi connectivity index (χ0n) is 10.6. The van der Waals surface area contributed by atoms with Crippen LogP contribution >= 0.6 is 0 Å². The van der Waals surface area contributed by atoms with Crippen LogP contribution in [0.4, 0.5) is 0 Å². The summed E-state index contributed by atoms with van der Waals surface area (Å²) in [5, 5.41) is 1.48. The topological polar surface area (TPSA) is 0 Å². The van der Waals surface area contributed by atoms with Gasteiger partial charge < -0.3 is 0 Å². The third-order valence-electron chi connectivity index (χ3n) is 2.76. The highest BCUT2D eigenvalue weighted by Crippen LogP contribution is 2.04. The van der Waals surface area contributed by atoms with E-state index in [0.717, 1.165) is 11.1 Å². The molecule has 0 spiro atoms. The summed E-state index contributed by atoms with van der Waals surface area (Å²) in [6.07, 6.45) is 0. The van der Waals surface area contributed by atoms with Crippen molar-refractivity contribution in [1.82, 2.24) is 0 Å². The lowest BCUT2D eigenvalue weighted by Gasteiger charge is -2.16. The average Bonchev–Trinajstić information content (AvgIpc) is 2.78. The van der Waals surface area contributed by atoms with E-state index in [1.54, 1.807) is 0 Å². The van der Waals surface area contributed by atoms with Crippen LogP contribution in [0.25, 0.3) is 0 Å². The van der Waals surface area contributed by atoms with Gasteiger partial charge in [0.05, 0.1) is 8.07 Å². The van der Waals surface area contributed by atoms with Crippen molar-refractivity contribution in [1.29, 1.82) is 0 Å². The van der Waals surface area contributed by atoms with Crippen LogP contribution in [0.5, 0.6) is 0 Å². The predicted molar refractivity (Wildman–Crippen MR) is 77.4 cm³/mol. The van der Waals surface area contributed by atoms with Crippen LogP contribution in [0.2, 0.25) is 19.6 Å². The molecule has 86 valence electrons. The second-order valence-corrected chi connectivity index (χ2v) is 10.3. The first-order valence-electron chi connectivity index (χ1n) is 5.90. The van der Waals surface area contributed by atoms with E-state index in [2.05, 4.69) is 55.7 Å². The maximum Gasteiger partial charge on any atom is 0.0775 e. The fourth-order valence-corrected chi connectivity index (χ4v) is 2.82. The number of hydrogen-bond donors (Lipinski definition) is 0. The average molecular weight is 237 g/mol. The van der Waals surface area contributed by atoms with Crippen LogP contribution in [0.1, 0.15) is 11.1 Å². The molecule has 0 N–H and O–H groups in total. The minimum absolute atomic E-state index is 1.08. The van der Waals surface area contributed by atoms with Crippen molar-refractivity contribution < 1.29 is 0 Å². The first kappa shape index (κ1) is 11.8. The molecule has 0 heterocycles. The molecular weight excluding hydrogens is 220 g/mol. The van der Waals surface area contributed by atoms with Crippen LogP contribution in [0.15, 0.2) is 48.5 Å². The van der Waals surface area contributed by atoms with Gasteiger partial charge in [-0.1, -0.05) is 37.0 Å². The van der Waals surface area contributed by atoms with Gasteiger partial charge in [-0.05, 0) is 12.1 Å². The van der Waals surface area contributed by atoms with Gasteiger partial charge in [0, 0.05) is 5.56 Å². The lowest BCUT2D eigenvalue weighted by Crippen LogP contribution is -2.37. The van der Waals surface area contributed by atoms with E-state index in [1.807, 2.05) is 24.3 Å². The molecule has 0 fully saturated rings. The van der Waals surface area contributed by atoms with Gasteiger partial charge in [-0.25, -0.2) is 0 Å². The van der Waals surface area contributed by atoms with Crippen LogP contribution in [-0.2, 0) is 0 Å². The zero-order chi connectivity index (χ0) is 12.3. The second-order valence-electron chi connectivity index (χ2n) is 5.25. The molecule has 0 radical (unpaired) electrons. The van der Waals surface area contributed by atoms with E-state index >= 15 is 0 Å². The lowest BCUT2D eigenvalue weighted by atomic mass is 10.2. The summed E-state index contributed by atoms with van der Waals surface area (Å²) in [6.45, 7) is 7.08. The molecule has 2 aromatic rings. The molecule has 0 unspecified atom stereocenters. The molecule has 0 atom stereocenters. The highest BCUT2D eigenvalue weighted by Gasteiger charge is 2.15. The summed E-state index contributed by atoms with van der Waals surface area (Å²) in [4.78, 5) is 0. The number of rotatable bonds is 1. The van der Waals surface area contributed by atoms with Crippen molar-refractivity contribution in [2.75, 3.05) is 0 Å². The Morgan fingerprint density at radius 1 is 0.941 bits per heavy atom. The Morgan fingerprint density at radius 2 is 1.65 bits per heavy atom. The Bertz CT molecular complexity index is 528. The minimum Gasteiger partial charge on any atom is -0.187 e. The van der Waals surface area contributed by atoms with E-state index in [1.165, 1.54) is 5.19 Å². The number of benzene rings is 1. The highest BCUT2D eigenvalue weighted by atomic mass is 28.3. The van der Waals surface area contributed by atoms with E-state index in [-0.39, 0.29) is 0 Å². The van der Waals surface area contributed by atoms with E-state index < -0.39 is 8.07 Å². The maximum absolute atomic E-state index is 3.19. The second kappa shape index (κ2) is 4.69. The van der Waals surface area contributed by atoms with Gasteiger partial charge in [0.1, 0.15) is 0 Å². The Labute approximate surface area is 105 Å².